The molecule has 1 unspecified atom stereocenters. The number of ether oxygens (including phenoxy) is 1. The normalized spacial score (nSPS) is 17.9. The summed E-state index contributed by atoms with van der Waals surface area (Å²) in [6.45, 7) is 3.13. The van der Waals surface area contributed by atoms with Crippen LogP contribution in [0.25, 0.3) is 0 Å². The average Bonchev–Trinajstić information content (AvgIpc) is 2.95. The van der Waals surface area contributed by atoms with Gasteiger partial charge in [-0.2, -0.15) is 0 Å². The van der Waals surface area contributed by atoms with Crippen LogP contribution >= 0.6 is 0 Å². The zero-order valence-corrected chi connectivity index (χ0v) is 9.01. The summed E-state index contributed by atoms with van der Waals surface area (Å²) >= 11 is 0. The van der Waals surface area contributed by atoms with Gasteiger partial charge in [0.1, 0.15) is 0 Å². The maximum Gasteiger partial charge on any atom is 0.234 e. The SMILES string of the molecule is COCCC(C)NC(=O)CNC1CC1. The first-order chi connectivity index (χ1) is 6.72. The highest BCUT2D eigenvalue weighted by Crippen LogP contribution is 2.17. The molecular formula is C10H20N2O2. The Morgan fingerprint density at radius 3 is 2.86 bits per heavy atom. The van der Waals surface area contributed by atoms with Gasteiger partial charge in [-0.25, -0.2) is 0 Å². The van der Waals surface area contributed by atoms with Crippen molar-refractivity contribution in [3.05, 3.63) is 0 Å². The third kappa shape index (κ3) is 5.19. The summed E-state index contributed by atoms with van der Waals surface area (Å²) < 4.78 is 4.94. The fourth-order valence-electron chi connectivity index (χ4n) is 1.22. The number of carbonyl (C=O) groups is 1. The lowest BCUT2D eigenvalue weighted by Crippen LogP contribution is -2.40. The molecule has 14 heavy (non-hydrogen) atoms. The molecule has 0 spiro atoms. The summed E-state index contributed by atoms with van der Waals surface area (Å²) in [5.74, 6) is 0.0838. The van der Waals surface area contributed by atoms with E-state index in [1.165, 1.54) is 12.8 Å². The molecule has 1 aliphatic rings. The van der Waals surface area contributed by atoms with Gasteiger partial charge in [0.2, 0.25) is 5.91 Å². The van der Waals surface area contributed by atoms with Crippen LogP contribution in [-0.4, -0.2) is 38.3 Å². The van der Waals surface area contributed by atoms with Gasteiger partial charge < -0.3 is 15.4 Å². The second-order valence-corrected chi connectivity index (χ2v) is 3.91. The van der Waals surface area contributed by atoms with Gasteiger partial charge in [-0.1, -0.05) is 0 Å². The van der Waals surface area contributed by atoms with E-state index in [0.717, 1.165) is 6.42 Å². The van der Waals surface area contributed by atoms with E-state index in [1.807, 2.05) is 6.92 Å². The topological polar surface area (TPSA) is 50.4 Å². The molecule has 0 aliphatic heterocycles. The van der Waals surface area contributed by atoms with Crippen molar-refractivity contribution in [2.24, 2.45) is 0 Å². The largest absolute Gasteiger partial charge is 0.385 e. The van der Waals surface area contributed by atoms with Crippen LogP contribution in [0.15, 0.2) is 0 Å². The number of amides is 1. The lowest BCUT2D eigenvalue weighted by Gasteiger charge is -2.13. The van der Waals surface area contributed by atoms with Gasteiger partial charge in [-0.05, 0) is 26.2 Å². The predicted molar refractivity (Wildman–Crippen MR) is 55.1 cm³/mol. The number of methoxy groups -OCH3 is 1. The first-order valence-electron chi connectivity index (χ1n) is 5.24. The summed E-state index contributed by atoms with van der Waals surface area (Å²) in [5.41, 5.74) is 0. The van der Waals surface area contributed by atoms with E-state index in [-0.39, 0.29) is 11.9 Å². The maximum atomic E-state index is 11.3. The van der Waals surface area contributed by atoms with E-state index < -0.39 is 0 Å². The van der Waals surface area contributed by atoms with Gasteiger partial charge in [0.05, 0.1) is 6.54 Å². The standard InChI is InChI=1S/C10H20N2O2/c1-8(5-6-14-2)12-10(13)7-11-9-3-4-9/h8-9,11H,3-7H2,1-2H3,(H,12,13). The molecule has 82 valence electrons. The molecule has 0 aromatic rings. The molecule has 1 atom stereocenters. The maximum absolute atomic E-state index is 11.3. The number of nitrogens with one attached hydrogen (secondary N) is 2. The molecular weight excluding hydrogens is 180 g/mol. The molecule has 1 aliphatic carbocycles. The fraction of sp³-hybridized carbons (Fsp3) is 0.900. The lowest BCUT2D eigenvalue weighted by molar-refractivity contribution is -0.120. The van der Waals surface area contributed by atoms with Crippen molar-refractivity contribution in [1.82, 2.24) is 10.6 Å². The molecule has 0 saturated heterocycles. The molecule has 4 nitrogen and oxygen atoms in total. The Kier molecular flexibility index (Phi) is 4.90. The Morgan fingerprint density at radius 2 is 2.29 bits per heavy atom. The Labute approximate surface area is 85.4 Å². The molecule has 1 amide bonds. The van der Waals surface area contributed by atoms with Gasteiger partial charge in [0.25, 0.3) is 0 Å². The summed E-state index contributed by atoms with van der Waals surface area (Å²) in [6, 6.07) is 0.790. The van der Waals surface area contributed by atoms with Crippen LogP contribution in [0.2, 0.25) is 0 Å². The second kappa shape index (κ2) is 5.98. The smallest absolute Gasteiger partial charge is 0.234 e. The van der Waals surface area contributed by atoms with Crippen LogP contribution in [0.4, 0.5) is 0 Å². The van der Waals surface area contributed by atoms with Gasteiger partial charge in [0.15, 0.2) is 0 Å². The van der Waals surface area contributed by atoms with Crippen LogP contribution in [0, 0.1) is 0 Å². The quantitative estimate of drug-likeness (QED) is 0.620. The van der Waals surface area contributed by atoms with Crippen molar-refractivity contribution in [1.29, 1.82) is 0 Å². The van der Waals surface area contributed by atoms with E-state index in [4.69, 9.17) is 4.74 Å². The first kappa shape index (κ1) is 11.5. The van der Waals surface area contributed by atoms with Gasteiger partial charge >= 0.3 is 0 Å². The van der Waals surface area contributed by atoms with Crippen LogP contribution in [0.1, 0.15) is 26.2 Å². The Hall–Kier alpha value is -0.610. The monoisotopic (exact) mass is 200 g/mol. The highest BCUT2D eigenvalue weighted by molar-refractivity contribution is 5.78. The highest BCUT2D eigenvalue weighted by atomic mass is 16.5. The summed E-state index contributed by atoms with van der Waals surface area (Å²) in [7, 11) is 1.67. The molecule has 0 aromatic heterocycles. The molecule has 0 heterocycles. The van der Waals surface area contributed by atoms with Crippen molar-refractivity contribution in [2.75, 3.05) is 20.3 Å². The van der Waals surface area contributed by atoms with Crippen molar-refractivity contribution >= 4 is 5.91 Å². The first-order valence-corrected chi connectivity index (χ1v) is 5.24. The minimum absolute atomic E-state index is 0.0838. The van der Waals surface area contributed by atoms with Crippen molar-refractivity contribution in [3.63, 3.8) is 0 Å². The van der Waals surface area contributed by atoms with E-state index in [9.17, 15) is 4.79 Å². The summed E-state index contributed by atoms with van der Waals surface area (Å²) in [4.78, 5) is 11.3. The van der Waals surface area contributed by atoms with Gasteiger partial charge in [0, 0.05) is 25.8 Å². The third-order valence-electron chi connectivity index (χ3n) is 2.29. The number of rotatable bonds is 7. The van der Waals surface area contributed by atoms with E-state index in [2.05, 4.69) is 10.6 Å². The molecule has 1 fully saturated rings. The van der Waals surface area contributed by atoms with Crippen LogP contribution in [0.3, 0.4) is 0 Å². The van der Waals surface area contributed by atoms with Crippen molar-refractivity contribution in [2.45, 2.75) is 38.3 Å². The fourth-order valence-corrected chi connectivity index (χ4v) is 1.22. The number of hydrogen-bond donors (Lipinski definition) is 2. The highest BCUT2D eigenvalue weighted by Gasteiger charge is 2.21. The summed E-state index contributed by atoms with van der Waals surface area (Å²) in [5, 5.41) is 6.09. The van der Waals surface area contributed by atoms with E-state index in [0.29, 0.717) is 19.2 Å². The Morgan fingerprint density at radius 1 is 1.57 bits per heavy atom. The van der Waals surface area contributed by atoms with Crippen molar-refractivity contribution < 1.29 is 9.53 Å². The molecule has 1 rings (SSSR count). The van der Waals surface area contributed by atoms with Gasteiger partial charge in [-0.15, -0.1) is 0 Å². The van der Waals surface area contributed by atoms with E-state index >= 15 is 0 Å². The average molecular weight is 200 g/mol. The van der Waals surface area contributed by atoms with Crippen molar-refractivity contribution in [3.8, 4) is 0 Å². The number of carbonyl (C=O) groups excluding carboxylic acids is 1. The van der Waals surface area contributed by atoms with Crippen LogP contribution in [-0.2, 0) is 9.53 Å². The molecule has 0 radical (unpaired) electrons. The minimum atomic E-state index is 0.0838. The van der Waals surface area contributed by atoms with E-state index in [1.54, 1.807) is 7.11 Å². The minimum Gasteiger partial charge on any atom is -0.385 e. The number of hydrogen-bond acceptors (Lipinski definition) is 3. The second-order valence-electron chi connectivity index (χ2n) is 3.91. The lowest BCUT2D eigenvalue weighted by atomic mass is 10.2. The third-order valence-corrected chi connectivity index (χ3v) is 2.29. The molecule has 2 N–H and O–H groups in total. The molecule has 0 aromatic carbocycles. The van der Waals surface area contributed by atoms with Crippen LogP contribution in [0.5, 0.6) is 0 Å². The zero-order valence-electron chi connectivity index (χ0n) is 9.01. The summed E-state index contributed by atoms with van der Waals surface area (Å²) in [6.07, 6.45) is 3.30. The molecule has 1 saturated carbocycles. The molecule has 0 bridgehead atoms. The predicted octanol–water partition coefficient (Wildman–Crippen LogP) is 0.280. The van der Waals surface area contributed by atoms with Gasteiger partial charge in [-0.3, -0.25) is 4.79 Å². The molecule has 4 heteroatoms. The Bertz CT molecular complexity index is 181. The van der Waals surface area contributed by atoms with Crippen LogP contribution < -0.4 is 10.6 Å². The Balaban J connectivity index is 1.99. The zero-order chi connectivity index (χ0) is 10.4.